The van der Waals surface area contributed by atoms with E-state index in [4.69, 9.17) is 0 Å². The summed E-state index contributed by atoms with van der Waals surface area (Å²) in [6, 6.07) is 6.65. The molecule has 0 aliphatic carbocycles. The van der Waals surface area contributed by atoms with Crippen LogP contribution in [0.3, 0.4) is 0 Å². The second kappa shape index (κ2) is 5.69. The summed E-state index contributed by atoms with van der Waals surface area (Å²) in [5.74, 6) is 0. The molecule has 0 atom stereocenters. The number of hydroxylamine groups is 2. The minimum atomic E-state index is -0.498. The fourth-order valence-corrected chi connectivity index (χ4v) is 1.21. The molecule has 0 aliphatic heterocycles. The monoisotopic (exact) mass is 280 g/mol. The number of nitrogens with one attached hydrogen (secondary N) is 1. The number of carbonyl (C=O) groups excluding carboxylic acids is 1. The topological polar surface area (TPSA) is 50.8 Å². The third-order valence-corrected chi connectivity index (χ3v) is 2.12. The largest absolute Gasteiger partial charge is 0.371 e. The summed E-state index contributed by atoms with van der Waals surface area (Å²) in [5.41, 5.74) is 0.655. The van der Waals surface area contributed by atoms with Gasteiger partial charge in [0.2, 0.25) is 0 Å². The maximum atomic E-state index is 11.4. The summed E-state index contributed by atoms with van der Waals surface area (Å²) in [4.78, 5) is 20.7. The molecular weight excluding hydrogens is 270 g/mol. The highest BCUT2D eigenvalue weighted by Crippen LogP contribution is 2.14. The van der Waals surface area contributed by atoms with Crippen LogP contribution < -0.4 is 5.32 Å². The summed E-state index contributed by atoms with van der Waals surface area (Å²) in [5, 5.41) is 3.33. The Morgan fingerprint density at radius 3 is 2.27 bits per heavy atom. The van der Waals surface area contributed by atoms with E-state index in [1.165, 1.54) is 14.2 Å². The number of hydrogen-bond donors (Lipinski definition) is 1. The molecule has 1 aromatic rings. The predicted molar refractivity (Wildman–Crippen MR) is 59.0 cm³/mol. The Balaban J connectivity index is 2.61. The molecule has 0 spiro atoms. The van der Waals surface area contributed by atoms with Gasteiger partial charge >= 0.3 is 6.03 Å². The van der Waals surface area contributed by atoms with Gasteiger partial charge in [-0.2, -0.15) is 0 Å². The van der Waals surface area contributed by atoms with Crippen molar-refractivity contribution in [1.29, 1.82) is 0 Å². The Bertz CT molecular complexity index is 325. The quantitative estimate of drug-likeness (QED) is 0.865. The smallest absolute Gasteiger partial charge is 0.304 e. The summed E-state index contributed by atoms with van der Waals surface area (Å²) < 4.78 is 0.941. The number of urea groups is 1. The molecule has 6 heteroatoms. The van der Waals surface area contributed by atoms with Crippen molar-refractivity contribution in [3.05, 3.63) is 28.7 Å². The highest BCUT2D eigenvalue weighted by molar-refractivity contribution is 9.10. The average molecular weight is 281 g/mol. The van der Waals surface area contributed by atoms with Gasteiger partial charge in [0.1, 0.15) is 0 Å². The molecule has 82 valence electrons. The maximum Gasteiger partial charge on any atom is 0.371 e. The van der Waals surface area contributed by atoms with Crippen LogP contribution in [0.25, 0.3) is 0 Å². The van der Waals surface area contributed by atoms with E-state index >= 15 is 0 Å². The van der Waals surface area contributed by atoms with E-state index in [-0.39, 0.29) is 0 Å². The van der Waals surface area contributed by atoms with E-state index in [0.717, 1.165) is 9.70 Å². The molecule has 1 rings (SSSR count). The molecule has 5 nitrogen and oxygen atoms in total. The van der Waals surface area contributed by atoms with Gasteiger partial charge < -0.3 is 5.32 Å². The normalized spacial score (nSPS) is 9.80. The molecule has 1 N–H and O–H groups in total. The van der Waals surface area contributed by atoms with E-state index in [1.54, 1.807) is 12.1 Å². The number of halogens is 1. The molecule has 15 heavy (non-hydrogen) atoms. The molecule has 0 radical (unpaired) electrons. The van der Waals surface area contributed by atoms with Gasteiger partial charge in [-0.15, -0.1) is 0 Å². The molecule has 0 bridgehead atoms. The summed E-state index contributed by atoms with van der Waals surface area (Å²) in [6.07, 6.45) is 0. The van der Waals surface area contributed by atoms with Crippen molar-refractivity contribution in [3.8, 4) is 0 Å². The predicted octanol–water partition coefficient (Wildman–Crippen LogP) is 2.41. The van der Waals surface area contributed by atoms with Crippen molar-refractivity contribution in [2.75, 3.05) is 19.5 Å². The van der Waals surface area contributed by atoms with Crippen molar-refractivity contribution in [2.45, 2.75) is 0 Å². The zero-order chi connectivity index (χ0) is 11.3. The number of benzene rings is 1. The van der Waals surface area contributed by atoms with Crippen LogP contribution in [0, 0.1) is 0 Å². The van der Waals surface area contributed by atoms with Gasteiger partial charge in [0, 0.05) is 10.2 Å². The van der Waals surface area contributed by atoms with Gasteiger partial charge in [0.25, 0.3) is 0 Å². The van der Waals surface area contributed by atoms with Gasteiger partial charge in [0.05, 0.1) is 14.2 Å². The van der Waals surface area contributed by atoms with E-state index in [9.17, 15) is 4.79 Å². The third-order valence-electron chi connectivity index (χ3n) is 1.59. The highest BCUT2D eigenvalue weighted by atomic mass is 79.9. The van der Waals surface area contributed by atoms with Crippen LogP contribution in [0.4, 0.5) is 10.5 Å². The molecule has 1 aromatic carbocycles. The lowest BCUT2D eigenvalue weighted by atomic mass is 11.0. The first-order valence-corrected chi connectivity index (χ1v) is 4.91. The van der Waals surface area contributed by atoms with Crippen LogP contribution in [0.5, 0.6) is 0 Å². The first kappa shape index (κ1) is 12.0. The van der Waals surface area contributed by atoms with Crippen molar-refractivity contribution in [1.82, 2.24) is 5.23 Å². The zero-order valence-electron chi connectivity index (χ0n) is 8.36. The lowest BCUT2D eigenvalue weighted by Gasteiger charge is -2.16. The molecule has 0 heterocycles. The van der Waals surface area contributed by atoms with Crippen LogP contribution >= 0.6 is 15.9 Å². The fourth-order valence-electron chi connectivity index (χ4n) is 0.943. The zero-order valence-corrected chi connectivity index (χ0v) is 9.95. The highest BCUT2D eigenvalue weighted by Gasteiger charge is 2.12. The fraction of sp³-hybridized carbons (Fsp3) is 0.222. The number of anilines is 1. The lowest BCUT2D eigenvalue weighted by molar-refractivity contribution is -0.295. The molecule has 0 aromatic heterocycles. The molecule has 0 aliphatic rings. The standard InChI is InChI=1S/C9H11BrN2O3/c1-14-12(15-2)9(13)11-8-5-3-7(10)4-6-8/h3-6H,1-2H3,(H,11,13)/i3+1,4+1,5+1,6+1,7+1,8+1. The Morgan fingerprint density at radius 1 is 1.27 bits per heavy atom. The number of hydrogen-bond acceptors (Lipinski definition) is 3. The molecular formula is C9H11BrN2O3. The average Bonchev–Trinajstić information content (AvgIpc) is 2.23. The Labute approximate surface area is 96.0 Å². The van der Waals surface area contributed by atoms with Gasteiger partial charge in [-0.1, -0.05) is 21.2 Å². The van der Waals surface area contributed by atoms with Gasteiger partial charge in [-0.3, -0.25) is 0 Å². The van der Waals surface area contributed by atoms with Crippen LogP contribution in [0.15, 0.2) is 28.7 Å². The first-order chi connectivity index (χ1) is 7.17. The Hall–Kier alpha value is -1.11. The minimum Gasteiger partial charge on any atom is -0.304 e. The van der Waals surface area contributed by atoms with Gasteiger partial charge in [0.15, 0.2) is 0 Å². The summed E-state index contributed by atoms with van der Waals surface area (Å²) in [6.45, 7) is 0. The molecule has 0 unspecified atom stereocenters. The van der Waals surface area contributed by atoms with Crippen LogP contribution in [0.1, 0.15) is 0 Å². The van der Waals surface area contributed by atoms with Crippen molar-refractivity contribution in [2.24, 2.45) is 0 Å². The Kier molecular flexibility index (Phi) is 4.54. The molecule has 2 amide bonds. The molecule has 0 fully saturated rings. The van der Waals surface area contributed by atoms with Crippen molar-refractivity contribution >= 4 is 27.6 Å². The molecule has 0 saturated heterocycles. The minimum absolute atomic E-state index is 0.498. The third kappa shape index (κ3) is 3.50. The van der Waals surface area contributed by atoms with Crippen LogP contribution in [0.2, 0.25) is 0 Å². The van der Waals surface area contributed by atoms with Gasteiger partial charge in [-0.05, 0) is 24.3 Å². The summed E-state index contributed by atoms with van der Waals surface area (Å²) >= 11 is 3.30. The van der Waals surface area contributed by atoms with E-state index < -0.39 is 6.03 Å². The molecule has 0 saturated carbocycles. The van der Waals surface area contributed by atoms with E-state index in [0.29, 0.717) is 5.69 Å². The number of rotatable bonds is 3. The first-order valence-electron chi connectivity index (χ1n) is 4.12. The second-order valence-electron chi connectivity index (χ2n) is 2.56. The van der Waals surface area contributed by atoms with E-state index in [2.05, 4.69) is 30.9 Å². The number of carbonyl (C=O) groups is 1. The second-order valence-corrected chi connectivity index (χ2v) is 3.47. The van der Waals surface area contributed by atoms with Gasteiger partial charge in [-0.25, -0.2) is 14.5 Å². The number of nitrogens with zero attached hydrogens (tertiary/aromatic N) is 1. The lowest BCUT2D eigenvalue weighted by Crippen LogP contribution is -2.32. The SMILES string of the molecule is CON(OC)C(=O)N[13c]1[13cH][13cH][13c](Br)[13cH][13cH]1. The van der Waals surface area contributed by atoms with Crippen molar-refractivity contribution < 1.29 is 14.5 Å². The van der Waals surface area contributed by atoms with Crippen molar-refractivity contribution in [3.63, 3.8) is 0 Å². The van der Waals surface area contributed by atoms with Crippen LogP contribution in [-0.4, -0.2) is 25.5 Å². The maximum absolute atomic E-state index is 11.4. The summed E-state index contributed by atoms with van der Waals surface area (Å²) in [7, 11) is 2.68. The number of amides is 2. The van der Waals surface area contributed by atoms with Crippen LogP contribution in [-0.2, 0) is 9.68 Å². The van der Waals surface area contributed by atoms with E-state index in [1.807, 2.05) is 12.1 Å². The Morgan fingerprint density at radius 2 is 1.80 bits per heavy atom.